The van der Waals surface area contributed by atoms with Crippen LogP contribution >= 0.6 is 0 Å². The normalized spacial score (nSPS) is 12.5. The van der Waals surface area contributed by atoms with Crippen molar-refractivity contribution >= 4 is 36.5 Å². The number of hydrogen-bond acceptors (Lipinski definition) is 4. The maximum Gasteiger partial charge on any atom is 0.499 e. The van der Waals surface area contributed by atoms with Crippen LogP contribution in [0, 0.1) is 0 Å². The van der Waals surface area contributed by atoms with Crippen LogP contribution in [0.15, 0.2) is 60.7 Å². The zero-order valence-electron chi connectivity index (χ0n) is 16.4. The lowest BCUT2D eigenvalue weighted by Crippen LogP contribution is -2.63. The smallest absolute Gasteiger partial charge is 0.452 e. The van der Waals surface area contributed by atoms with Gasteiger partial charge >= 0.3 is 8.80 Å². The molecule has 0 atom stereocenters. The van der Waals surface area contributed by atoms with Crippen LogP contribution < -0.4 is 10.4 Å². The Morgan fingerprint density at radius 2 is 1.12 bits per heavy atom. The van der Waals surface area contributed by atoms with Crippen LogP contribution in [0.5, 0.6) is 0 Å². The van der Waals surface area contributed by atoms with Crippen LogP contribution in [0.1, 0.15) is 0 Å². The second-order valence-corrected chi connectivity index (χ2v) is 16.0. The van der Waals surface area contributed by atoms with E-state index in [2.05, 4.69) is 73.8 Å². The highest BCUT2D eigenvalue weighted by molar-refractivity contribution is 7.00. The molecule has 26 heavy (non-hydrogen) atoms. The van der Waals surface area contributed by atoms with E-state index in [0.29, 0.717) is 0 Å². The SMILES string of the molecule is CO[Si](CC[Si](O[SiH](C)C)(c1ccccc1)c1ccccc1)(OC)OC. The van der Waals surface area contributed by atoms with Crippen molar-refractivity contribution in [2.75, 3.05) is 21.3 Å². The molecule has 0 saturated carbocycles. The van der Waals surface area contributed by atoms with Gasteiger partial charge in [0.25, 0.3) is 0 Å². The first-order chi connectivity index (χ1) is 12.5. The molecule has 0 N–H and O–H groups in total. The van der Waals surface area contributed by atoms with E-state index >= 15 is 0 Å². The summed E-state index contributed by atoms with van der Waals surface area (Å²) in [5, 5.41) is 2.58. The van der Waals surface area contributed by atoms with Gasteiger partial charge < -0.3 is 17.4 Å². The molecule has 0 aliphatic rings. The summed E-state index contributed by atoms with van der Waals surface area (Å²) in [6.07, 6.45) is 0. The molecule has 0 spiro atoms. The Balaban J connectivity index is 2.52. The molecule has 0 amide bonds. The van der Waals surface area contributed by atoms with Gasteiger partial charge in [-0.05, 0) is 29.5 Å². The topological polar surface area (TPSA) is 36.9 Å². The lowest BCUT2D eigenvalue weighted by atomic mass is 10.4. The lowest BCUT2D eigenvalue weighted by Gasteiger charge is -2.36. The van der Waals surface area contributed by atoms with Crippen LogP contribution in [-0.4, -0.2) is 47.5 Å². The molecule has 0 radical (unpaired) electrons. The molecule has 2 rings (SSSR count). The summed E-state index contributed by atoms with van der Waals surface area (Å²) >= 11 is 0. The third-order valence-corrected chi connectivity index (χ3v) is 14.8. The molecule has 4 nitrogen and oxygen atoms in total. The highest BCUT2D eigenvalue weighted by atomic mass is 28.4. The second-order valence-electron chi connectivity index (χ2n) is 6.52. The molecule has 142 valence electrons. The van der Waals surface area contributed by atoms with Gasteiger partial charge in [0.2, 0.25) is 8.32 Å². The lowest BCUT2D eigenvalue weighted by molar-refractivity contribution is 0.125. The predicted molar refractivity (Wildman–Crippen MR) is 114 cm³/mol. The van der Waals surface area contributed by atoms with E-state index in [1.54, 1.807) is 21.3 Å². The number of benzene rings is 2. The third-order valence-electron chi connectivity index (χ3n) is 4.63. The Labute approximate surface area is 161 Å². The van der Waals surface area contributed by atoms with Crippen molar-refractivity contribution in [1.29, 1.82) is 0 Å². The summed E-state index contributed by atoms with van der Waals surface area (Å²) in [4.78, 5) is 0. The highest BCUT2D eigenvalue weighted by Crippen LogP contribution is 2.24. The minimum atomic E-state index is -2.67. The molecule has 2 aromatic carbocycles. The van der Waals surface area contributed by atoms with Gasteiger partial charge in [-0.15, -0.1) is 0 Å². The van der Waals surface area contributed by atoms with Crippen molar-refractivity contribution in [3.63, 3.8) is 0 Å². The maximum atomic E-state index is 6.87. The zero-order chi connectivity index (χ0) is 19.0. The van der Waals surface area contributed by atoms with Crippen molar-refractivity contribution in [2.45, 2.75) is 25.2 Å². The van der Waals surface area contributed by atoms with Gasteiger partial charge in [0.05, 0.1) is 0 Å². The molecule has 0 heterocycles. The summed E-state index contributed by atoms with van der Waals surface area (Å²) in [5.74, 6) is 0. The van der Waals surface area contributed by atoms with Crippen LogP contribution in [0.3, 0.4) is 0 Å². The third kappa shape index (κ3) is 4.80. The van der Waals surface area contributed by atoms with E-state index in [9.17, 15) is 0 Å². The Kier molecular flexibility index (Phi) is 7.96. The van der Waals surface area contributed by atoms with Gasteiger partial charge in [-0.3, -0.25) is 0 Å². The van der Waals surface area contributed by atoms with Crippen LogP contribution in [0.25, 0.3) is 0 Å². The van der Waals surface area contributed by atoms with E-state index in [0.717, 1.165) is 12.1 Å². The standard InChI is InChI=1S/C19H30O4Si3/c1-20-26(21-2,22-3)17-16-25(23-24(4)5,18-12-8-6-9-13-18)19-14-10-7-11-15-19/h6-15,24H,16-17H2,1-5H3. The van der Waals surface area contributed by atoms with Crippen molar-refractivity contribution in [3.8, 4) is 0 Å². The highest BCUT2D eigenvalue weighted by Gasteiger charge is 2.46. The van der Waals surface area contributed by atoms with Crippen molar-refractivity contribution in [2.24, 2.45) is 0 Å². The van der Waals surface area contributed by atoms with Crippen LogP contribution in [0.2, 0.25) is 25.2 Å². The fourth-order valence-corrected chi connectivity index (χ4v) is 14.2. The largest absolute Gasteiger partial charge is 0.499 e. The first kappa shape index (κ1) is 21.2. The fourth-order valence-electron chi connectivity index (χ4n) is 3.35. The Bertz CT molecular complexity index is 601. The molecule has 0 aliphatic heterocycles. The van der Waals surface area contributed by atoms with Crippen LogP contribution in [0.4, 0.5) is 0 Å². The molecular weight excluding hydrogens is 376 g/mol. The fraction of sp³-hybridized carbons (Fsp3) is 0.368. The summed E-state index contributed by atoms with van der Waals surface area (Å²) in [6.45, 7) is 4.47. The monoisotopic (exact) mass is 406 g/mol. The Morgan fingerprint density at radius 1 is 0.692 bits per heavy atom. The summed E-state index contributed by atoms with van der Waals surface area (Å²) < 4.78 is 23.9. The number of hydrogen-bond donors (Lipinski definition) is 0. The van der Waals surface area contributed by atoms with Gasteiger partial charge in [-0.25, -0.2) is 0 Å². The second kappa shape index (κ2) is 9.75. The first-order valence-corrected chi connectivity index (χ1v) is 15.8. The maximum absolute atomic E-state index is 6.87. The molecular formula is C19H30O4Si3. The van der Waals surface area contributed by atoms with Gasteiger partial charge in [0, 0.05) is 27.4 Å². The van der Waals surface area contributed by atoms with Gasteiger partial charge in [0.15, 0.2) is 9.04 Å². The zero-order valence-corrected chi connectivity index (χ0v) is 19.6. The average molecular weight is 407 g/mol. The molecule has 2 aromatic rings. The number of rotatable bonds is 10. The van der Waals surface area contributed by atoms with Crippen molar-refractivity contribution in [3.05, 3.63) is 60.7 Å². The van der Waals surface area contributed by atoms with Crippen molar-refractivity contribution in [1.82, 2.24) is 0 Å². The average Bonchev–Trinajstić information content (AvgIpc) is 2.69. The van der Waals surface area contributed by atoms with Crippen LogP contribution in [-0.2, 0) is 17.4 Å². The van der Waals surface area contributed by atoms with E-state index < -0.39 is 26.2 Å². The van der Waals surface area contributed by atoms with E-state index in [4.69, 9.17) is 17.4 Å². The summed E-state index contributed by atoms with van der Waals surface area (Å²) in [6, 6.07) is 22.9. The summed E-state index contributed by atoms with van der Waals surface area (Å²) in [7, 11) is -1.36. The molecule has 0 bridgehead atoms. The first-order valence-electron chi connectivity index (χ1n) is 8.96. The Morgan fingerprint density at radius 3 is 1.46 bits per heavy atom. The van der Waals surface area contributed by atoms with Crippen molar-refractivity contribution < 1.29 is 17.4 Å². The molecule has 0 unspecified atom stereocenters. The minimum Gasteiger partial charge on any atom is -0.452 e. The van der Waals surface area contributed by atoms with E-state index in [1.165, 1.54) is 10.4 Å². The predicted octanol–water partition coefficient (Wildman–Crippen LogP) is 2.62. The van der Waals surface area contributed by atoms with Gasteiger partial charge in [-0.2, -0.15) is 0 Å². The quantitative estimate of drug-likeness (QED) is 0.569. The molecule has 7 heteroatoms. The minimum absolute atomic E-state index is 0.730. The molecule has 0 saturated heterocycles. The van der Waals surface area contributed by atoms with E-state index in [-0.39, 0.29) is 0 Å². The van der Waals surface area contributed by atoms with Gasteiger partial charge in [-0.1, -0.05) is 60.7 Å². The molecule has 0 aromatic heterocycles. The van der Waals surface area contributed by atoms with Gasteiger partial charge in [0.1, 0.15) is 0 Å². The summed E-state index contributed by atoms with van der Waals surface area (Å²) in [5.41, 5.74) is 0. The van der Waals surface area contributed by atoms with E-state index in [1.807, 2.05) is 0 Å². The molecule has 0 fully saturated rings. The Hall–Kier alpha value is -1.07. The molecule has 0 aliphatic carbocycles.